The highest BCUT2D eigenvalue weighted by atomic mass is 127. The van der Waals surface area contributed by atoms with E-state index in [0.717, 1.165) is 56.4 Å². The number of amides is 1. The highest BCUT2D eigenvalue weighted by Gasteiger charge is 2.31. The van der Waals surface area contributed by atoms with Crippen molar-refractivity contribution in [2.75, 3.05) is 38.2 Å². The van der Waals surface area contributed by atoms with Crippen LogP contribution in [0.2, 0.25) is 0 Å². The van der Waals surface area contributed by atoms with Crippen molar-refractivity contribution in [3.8, 4) is 0 Å². The second-order valence-corrected chi connectivity index (χ2v) is 7.76. The van der Waals surface area contributed by atoms with Gasteiger partial charge < -0.3 is 15.5 Å². The maximum Gasteiger partial charge on any atom is 0.225 e. The Labute approximate surface area is 173 Å². The fraction of sp³-hybridized carbons (Fsp3) is 0.778. The highest BCUT2D eigenvalue weighted by molar-refractivity contribution is 14.0. The van der Waals surface area contributed by atoms with Crippen molar-refractivity contribution in [1.29, 1.82) is 0 Å². The molecule has 1 amide bonds. The molecule has 25 heavy (non-hydrogen) atoms. The van der Waals surface area contributed by atoms with Gasteiger partial charge in [-0.2, -0.15) is 11.8 Å². The molecule has 1 aliphatic heterocycles. The van der Waals surface area contributed by atoms with Gasteiger partial charge in [0.1, 0.15) is 0 Å². The third-order valence-corrected chi connectivity index (χ3v) is 5.76. The van der Waals surface area contributed by atoms with Gasteiger partial charge in [0.25, 0.3) is 0 Å². The van der Waals surface area contributed by atoms with Crippen molar-refractivity contribution < 1.29 is 4.79 Å². The van der Waals surface area contributed by atoms with Gasteiger partial charge in [-0.05, 0) is 19.3 Å². The lowest BCUT2D eigenvalue weighted by atomic mass is 9.88. The third kappa shape index (κ3) is 7.76. The minimum atomic E-state index is 0. The molecule has 0 aromatic rings. The molecule has 1 atom stereocenters. The Balaban J connectivity index is 0.00000312. The van der Waals surface area contributed by atoms with E-state index in [1.165, 1.54) is 19.3 Å². The molecular weight excluding hydrogens is 447 g/mol. The van der Waals surface area contributed by atoms with Gasteiger partial charge in [0, 0.05) is 50.1 Å². The van der Waals surface area contributed by atoms with E-state index >= 15 is 0 Å². The van der Waals surface area contributed by atoms with Crippen LogP contribution in [0, 0.1) is 5.92 Å². The lowest BCUT2D eigenvalue weighted by Crippen LogP contribution is -2.46. The number of carbonyl (C=O) groups excluding carboxylic acids is 1. The predicted molar refractivity (Wildman–Crippen MR) is 119 cm³/mol. The smallest absolute Gasteiger partial charge is 0.225 e. The summed E-state index contributed by atoms with van der Waals surface area (Å²) in [4.78, 5) is 19.0. The maximum atomic E-state index is 12.6. The van der Waals surface area contributed by atoms with Crippen LogP contribution in [0.3, 0.4) is 0 Å². The maximum absolute atomic E-state index is 12.6. The number of thioether (sulfide) groups is 1. The Hall–Kier alpha value is -0.440. The summed E-state index contributed by atoms with van der Waals surface area (Å²) < 4.78 is 0. The molecule has 2 aliphatic rings. The summed E-state index contributed by atoms with van der Waals surface area (Å²) in [5, 5.41) is 6.80. The van der Waals surface area contributed by atoms with Gasteiger partial charge in [-0.15, -0.1) is 30.6 Å². The zero-order valence-corrected chi connectivity index (χ0v) is 18.5. The first-order valence-electron chi connectivity index (χ1n) is 9.19. The van der Waals surface area contributed by atoms with Crippen LogP contribution in [0.4, 0.5) is 0 Å². The number of hydrogen-bond donors (Lipinski definition) is 2. The van der Waals surface area contributed by atoms with Gasteiger partial charge >= 0.3 is 0 Å². The molecule has 0 spiro atoms. The van der Waals surface area contributed by atoms with Crippen molar-refractivity contribution >= 4 is 47.6 Å². The van der Waals surface area contributed by atoms with Gasteiger partial charge in [0.05, 0.1) is 0 Å². The normalized spacial score (nSPS) is 21.6. The first kappa shape index (κ1) is 22.6. The van der Waals surface area contributed by atoms with Crippen LogP contribution in [0.5, 0.6) is 0 Å². The van der Waals surface area contributed by atoms with Gasteiger partial charge in [-0.3, -0.25) is 9.79 Å². The molecular formula is C18H33IN4OS. The van der Waals surface area contributed by atoms with Crippen molar-refractivity contribution in [2.45, 2.75) is 44.6 Å². The first-order valence-corrected chi connectivity index (χ1v) is 10.3. The summed E-state index contributed by atoms with van der Waals surface area (Å²) in [6.45, 7) is 6.29. The number of guanidine groups is 1. The average molecular weight is 480 g/mol. The van der Waals surface area contributed by atoms with E-state index in [2.05, 4.69) is 27.1 Å². The molecule has 2 N–H and O–H groups in total. The molecule has 144 valence electrons. The van der Waals surface area contributed by atoms with Crippen LogP contribution < -0.4 is 10.6 Å². The van der Waals surface area contributed by atoms with Crippen LogP contribution in [-0.4, -0.2) is 61.0 Å². The van der Waals surface area contributed by atoms with E-state index < -0.39 is 0 Å². The van der Waals surface area contributed by atoms with E-state index in [0.29, 0.717) is 11.9 Å². The third-order valence-electron chi connectivity index (χ3n) is 4.79. The van der Waals surface area contributed by atoms with E-state index in [9.17, 15) is 4.79 Å². The monoisotopic (exact) mass is 480 g/mol. The van der Waals surface area contributed by atoms with Gasteiger partial charge in [-0.1, -0.05) is 25.3 Å². The van der Waals surface area contributed by atoms with Gasteiger partial charge in [0.2, 0.25) is 5.91 Å². The lowest BCUT2D eigenvalue weighted by Gasteiger charge is -2.26. The number of aliphatic imine (C=N–C) groups is 1. The van der Waals surface area contributed by atoms with Crippen molar-refractivity contribution in [2.24, 2.45) is 10.9 Å². The Morgan fingerprint density at radius 2 is 2.08 bits per heavy atom. The van der Waals surface area contributed by atoms with Crippen LogP contribution in [0.15, 0.2) is 17.6 Å². The number of likely N-dealkylation sites (tertiary alicyclic amines) is 1. The molecule has 0 bridgehead atoms. The molecule has 0 radical (unpaired) electrons. The molecule has 1 unspecified atom stereocenters. The molecule has 2 rings (SSSR count). The zero-order chi connectivity index (χ0) is 17.2. The quantitative estimate of drug-likeness (QED) is 0.194. The molecule has 1 saturated heterocycles. The fourth-order valence-electron chi connectivity index (χ4n) is 3.48. The van der Waals surface area contributed by atoms with E-state index in [-0.39, 0.29) is 29.9 Å². The number of halogens is 1. The second kappa shape index (κ2) is 12.8. The minimum absolute atomic E-state index is 0. The Kier molecular flexibility index (Phi) is 11.6. The standard InChI is InChI=1S/C18H32N4OS.HI/c1-3-12-24-13-10-20-18(19-2)21-16-9-11-22(14-16)17(23)15-7-5-4-6-8-15;/h3,15-16H,1,4-14H2,2H3,(H2,19,20,21);1H. The summed E-state index contributed by atoms with van der Waals surface area (Å²) in [6.07, 6.45) is 8.82. The fourth-order valence-corrected chi connectivity index (χ4v) is 4.06. The number of hydrogen-bond acceptors (Lipinski definition) is 3. The lowest BCUT2D eigenvalue weighted by molar-refractivity contribution is -0.135. The largest absolute Gasteiger partial charge is 0.356 e. The SMILES string of the molecule is C=CCSCCNC(=NC)NC1CCN(C(=O)C2CCCCC2)C1.I. The molecule has 0 aromatic heterocycles. The first-order chi connectivity index (χ1) is 11.7. The summed E-state index contributed by atoms with van der Waals surface area (Å²) in [5.74, 6) is 3.50. The average Bonchev–Trinajstić information content (AvgIpc) is 3.09. The number of carbonyl (C=O) groups is 1. The Morgan fingerprint density at radius 1 is 1.32 bits per heavy atom. The molecule has 1 saturated carbocycles. The summed E-state index contributed by atoms with van der Waals surface area (Å²) in [7, 11) is 1.80. The van der Waals surface area contributed by atoms with Crippen molar-refractivity contribution in [3.63, 3.8) is 0 Å². The van der Waals surface area contributed by atoms with Gasteiger partial charge in [-0.25, -0.2) is 0 Å². The summed E-state index contributed by atoms with van der Waals surface area (Å²) >= 11 is 1.85. The molecule has 1 aliphatic carbocycles. The minimum Gasteiger partial charge on any atom is -0.356 e. The predicted octanol–water partition coefficient (Wildman–Crippen LogP) is 2.87. The van der Waals surface area contributed by atoms with Gasteiger partial charge in [0.15, 0.2) is 5.96 Å². The van der Waals surface area contributed by atoms with Crippen LogP contribution >= 0.6 is 35.7 Å². The van der Waals surface area contributed by atoms with Crippen molar-refractivity contribution in [3.05, 3.63) is 12.7 Å². The highest BCUT2D eigenvalue weighted by Crippen LogP contribution is 2.26. The number of nitrogens with zero attached hydrogens (tertiary/aromatic N) is 2. The van der Waals surface area contributed by atoms with Crippen LogP contribution in [0.1, 0.15) is 38.5 Å². The summed E-state index contributed by atoms with van der Waals surface area (Å²) in [5.41, 5.74) is 0. The van der Waals surface area contributed by atoms with Crippen molar-refractivity contribution in [1.82, 2.24) is 15.5 Å². The summed E-state index contributed by atoms with van der Waals surface area (Å²) in [6, 6.07) is 0.310. The number of rotatable bonds is 7. The van der Waals surface area contributed by atoms with E-state index in [1.54, 1.807) is 7.05 Å². The Bertz CT molecular complexity index is 441. The zero-order valence-electron chi connectivity index (χ0n) is 15.3. The van der Waals surface area contributed by atoms with E-state index in [1.807, 2.05) is 17.8 Å². The molecule has 2 fully saturated rings. The van der Waals surface area contributed by atoms with Crippen LogP contribution in [0.25, 0.3) is 0 Å². The number of nitrogens with one attached hydrogen (secondary N) is 2. The second-order valence-electron chi connectivity index (χ2n) is 6.61. The van der Waals surface area contributed by atoms with E-state index in [4.69, 9.17) is 0 Å². The molecule has 0 aromatic carbocycles. The molecule has 1 heterocycles. The Morgan fingerprint density at radius 3 is 2.76 bits per heavy atom. The molecule has 5 nitrogen and oxygen atoms in total. The van der Waals surface area contributed by atoms with Crippen LogP contribution in [-0.2, 0) is 4.79 Å². The topological polar surface area (TPSA) is 56.7 Å². The molecule has 7 heteroatoms.